The maximum atomic E-state index is 6.02. The molecular weight excluding hydrogens is 439 g/mol. The zero-order chi connectivity index (χ0) is 18.2. The van der Waals surface area contributed by atoms with Crippen LogP contribution < -0.4 is 15.8 Å². The maximum absolute atomic E-state index is 6.02. The number of halogens is 1. The second kappa shape index (κ2) is 11.0. The lowest BCUT2D eigenvalue weighted by Crippen LogP contribution is -2.22. The first-order valence-electron chi connectivity index (χ1n) is 8.49. The molecule has 26 heavy (non-hydrogen) atoms. The highest BCUT2D eigenvalue weighted by Crippen LogP contribution is 2.17. The van der Waals surface area contributed by atoms with E-state index in [-0.39, 0.29) is 30.1 Å². The number of hydrogen-bond donors (Lipinski definition) is 2. The Hall–Kier alpha value is -1.80. The average Bonchev–Trinajstić information content (AvgIpc) is 2.55. The van der Waals surface area contributed by atoms with Crippen molar-refractivity contribution in [1.29, 1.82) is 0 Å². The SMILES string of the molecule is CC(C)Oc1ccc(NC(N)=NCc2ccccc2CN(C)C)cc1.I. The molecule has 0 spiro atoms. The van der Waals surface area contributed by atoms with Crippen molar-refractivity contribution >= 4 is 35.6 Å². The highest BCUT2D eigenvalue weighted by Gasteiger charge is 2.03. The molecule has 0 saturated carbocycles. The normalized spacial score (nSPS) is 11.4. The van der Waals surface area contributed by atoms with Gasteiger partial charge in [0.25, 0.3) is 0 Å². The van der Waals surface area contributed by atoms with Crippen molar-refractivity contribution in [3.63, 3.8) is 0 Å². The van der Waals surface area contributed by atoms with Gasteiger partial charge < -0.3 is 20.7 Å². The fourth-order valence-corrected chi connectivity index (χ4v) is 2.45. The number of anilines is 1. The van der Waals surface area contributed by atoms with E-state index in [2.05, 4.69) is 47.5 Å². The highest BCUT2D eigenvalue weighted by molar-refractivity contribution is 14.0. The summed E-state index contributed by atoms with van der Waals surface area (Å²) in [6, 6.07) is 16.0. The number of aliphatic imine (C=N–C) groups is 1. The van der Waals surface area contributed by atoms with Gasteiger partial charge in [0.15, 0.2) is 5.96 Å². The van der Waals surface area contributed by atoms with Crippen molar-refractivity contribution in [3.8, 4) is 5.75 Å². The molecule has 0 fully saturated rings. The average molecular weight is 468 g/mol. The van der Waals surface area contributed by atoms with Gasteiger partial charge >= 0.3 is 0 Å². The number of nitrogens with zero attached hydrogens (tertiary/aromatic N) is 2. The van der Waals surface area contributed by atoms with Gasteiger partial charge in [-0.15, -0.1) is 24.0 Å². The molecule has 0 aliphatic heterocycles. The van der Waals surface area contributed by atoms with Crippen molar-refractivity contribution < 1.29 is 4.74 Å². The minimum Gasteiger partial charge on any atom is -0.491 e. The molecule has 0 aromatic heterocycles. The van der Waals surface area contributed by atoms with E-state index in [9.17, 15) is 0 Å². The van der Waals surface area contributed by atoms with Crippen molar-refractivity contribution in [2.24, 2.45) is 10.7 Å². The number of benzene rings is 2. The molecule has 0 atom stereocenters. The van der Waals surface area contributed by atoms with Crippen LogP contribution in [0.2, 0.25) is 0 Å². The third-order valence-electron chi connectivity index (χ3n) is 3.52. The van der Waals surface area contributed by atoms with Crippen LogP contribution in [0.1, 0.15) is 25.0 Å². The Morgan fingerprint density at radius 3 is 2.27 bits per heavy atom. The van der Waals surface area contributed by atoms with Crippen LogP contribution in [-0.2, 0) is 13.1 Å². The number of rotatable bonds is 7. The van der Waals surface area contributed by atoms with Crippen molar-refractivity contribution in [2.75, 3.05) is 19.4 Å². The summed E-state index contributed by atoms with van der Waals surface area (Å²) < 4.78 is 5.63. The fraction of sp³-hybridized carbons (Fsp3) is 0.350. The molecule has 0 saturated heterocycles. The summed E-state index contributed by atoms with van der Waals surface area (Å²) in [6.07, 6.45) is 0.160. The molecule has 2 aromatic rings. The van der Waals surface area contributed by atoms with Gasteiger partial charge in [0.1, 0.15) is 5.75 Å². The number of nitrogens with two attached hydrogens (primary N) is 1. The van der Waals surface area contributed by atoms with E-state index in [0.29, 0.717) is 12.5 Å². The van der Waals surface area contributed by atoms with Crippen LogP contribution in [0.4, 0.5) is 5.69 Å². The number of guanidine groups is 1. The van der Waals surface area contributed by atoms with E-state index in [4.69, 9.17) is 10.5 Å². The summed E-state index contributed by atoms with van der Waals surface area (Å²) in [4.78, 5) is 6.61. The first-order valence-corrected chi connectivity index (χ1v) is 8.49. The first kappa shape index (κ1) is 22.2. The molecule has 3 N–H and O–H groups in total. The summed E-state index contributed by atoms with van der Waals surface area (Å²) in [7, 11) is 4.12. The van der Waals surface area contributed by atoms with E-state index in [0.717, 1.165) is 18.0 Å². The van der Waals surface area contributed by atoms with Crippen LogP contribution in [-0.4, -0.2) is 31.1 Å². The second-order valence-electron chi connectivity index (χ2n) is 6.52. The largest absolute Gasteiger partial charge is 0.491 e. The van der Waals surface area contributed by atoms with Gasteiger partial charge in [-0.2, -0.15) is 0 Å². The van der Waals surface area contributed by atoms with E-state index < -0.39 is 0 Å². The molecule has 0 bridgehead atoms. The summed E-state index contributed by atoms with van der Waals surface area (Å²) in [5.74, 6) is 1.24. The van der Waals surface area contributed by atoms with Crippen molar-refractivity contribution in [1.82, 2.24) is 4.90 Å². The van der Waals surface area contributed by atoms with Crippen LogP contribution >= 0.6 is 24.0 Å². The lowest BCUT2D eigenvalue weighted by molar-refractivity contribution is 0.242. The van der Waals surface area contributed by atoms with Crippen molar-refractivity contribution in [2.45, 2.75) is 33.0 Å². The molecule has 5 nitrogen and oxygen atoms in total. The molecule has 6 heteroatoms. The van der Waals surface area contributed by atoms with Gasteiger partial charge in [-0.3, -0.25) is 0 Å². The van der Waals surface area contributed by atoms with Crippen molar-refractivity contribution in [3.05, 3.63) is 59.7 Å². The second-order valence-corrected chi connectivity index (χ2v) is 6.52. The van der Waals surface area contributed by atoms with Gasteiger partial charge in [-0.25, -0.2) is 4.99 Å². The van der Waals surface area contributed by atoms with E-state index >= 15 is 0 Å². The number of hydrogen-bond acceptors (Lipinski definition) is 3. The summed E-state index contributed by atoms with van der Waals surface area (Å²) in [6.45, 7) is 5.45. The molecule has 0 unspecified atom stereocenters. The van der Waals surface area contributed by atoms with Gasteiger partial charge in [0.2, 0.25) is 0 Å². The topological polar surface area (TPSA) is 62.9 Å². The Balaban J connectivity index is 0.00000338. The summed E-state index contributed by atoms with van der Waals surface area (Å²) in [5.41, 5.74) is 9.35. The lowest BCUT2D eigenvalue weighted by Gasteiger charge is -2.13. The summed E-state index contributed by atoms with van der Waals surface area (Å²) in [5, 5.41) is 3.11. The van der Waals surface area contributed by atoms with Gasteiger partial charge in [-0.05, 0) is 63.3 Å². The first-order chi connectivity index (χ1) is 11.9. The number of nitrogens with one attached hydrogen (secondary N) is 1. The molecule has 0 amide bonds. The third-order valence-corrected chi connectivity index (χ3v) is 3.52. The van der Waals surface area contributed by atoms with Gasteiger partial charge in [0, 0.05) is 12.2 Å². The Labute approximate surface area is 173 Å². The van der Waals surface area contributed by atoms with Crippen LogP contribution in [0, 0.1) is 0 Å². The molecule has 2 rings (SSSR count). The monoisotopic (exact) mass is 468 g/mol. The minimum absolute atomic E-state index is 0. The van der Waals surface area contributed by atoms with Gasteiger partial charge in [0.05, 0.1) is 12.6 Å². The predicted molar refractivity (Wildman–Crippen MR) is 120 cm³/mol. The van der Waals surface area contributed by atoms with Crippen LogP contribution in [0.3, 0.4) is 0 Å². The lowest BCUT2D eigenvalue weighted by atomic mass is 10.1. The highest BCUT2D eigenvalue weighted by atomic mass is 127. The zero-order valence-electron chi connectivity index (χ0n) is 15.9. The maximum Gasteiger partial charge on any atom is 0.193 e. The molecule has 0 heterocycles. The quantitative estimate of drug-likeness (QED) is 0.365. The molecule has 0 aliphatic rings. The Morgan fingerprint density at radius 1 is 1.08 bits per heavy atom. The molecule has 0 radical (unpaired) electrons. The Morgan fingerprint density at radius 2 is 1.69 bits per heavy atom. The molecular formula is C20H29IN4O. The zero-order valence-corrected chi connectivity index (χ0v) is 18.2. The fourth-order valence-electron chi connectivity index (χ4n) is 2.45. The smallest absolute Gasteiger partial charge is 0.193 e. The van der Waals surface area contributed by atoms with E-state index in [1.54, 1.807) is 0 Å². The van der Waals surface area contributed by atoms with Crippen LogP contribution in [0.5, 0.6) is 5.75 Å². The Kier molecular flexibility index (Phi) is 9.43. The predicted octanol–water partition coefficient (Wildman–Crippen LogP) is 4.08. The standard InChI is InChI=1S/C20H28N4O.HI/c1-15(2)25-19-11-9-18(10-12-19)23-20(21)22-13-16-7-5-6-8-17(16)14-24(3)4;/h5-12,15H,13-14H2,1-4H3,(H3,21,22,23);1H. The van der Waals surface area contributed by atoms with Gasteiger partial charge in [-0.1, -0.05) is 24.3 Å². The molecule has 2 aromatic carbocycles. The third kappa shape index (κ3) is 7.61. The number of ether oxygens (including phenoxy) is 1. The molecule has 142 valence electrons. The minimum atomic E-state index is 0. The Bertz CT molecular complexity index is 699. The van der Waals surface area contributed by atoms with Crippen LogP contribution in [0.25, 0.3) is 0 Å². The van der Waals surface area contributed by atoms with E-state index in [1.807, 2.05) is 44.2 Å². The summed E-state index contributed by atoms with van der Waals surface area (Å²) >= 11 is 0. The van der Waals surface area contributed by atoms with E-state index in [1.165, 1.54) is 11.1 Å². The van der Waals surface area contributed by atoms with Crippen LogP contribution in [0.15, 0.2) is 53.5 Å². The molecule has 0 aliphatic carbocycles.